The predicted octanol–water partition coefficient (Wildman–Crippen LogP) is 0.755. The highest BCUT2D eigenvalue weighted by atomic mass is 16.5. The fraction of sp³-hybridized carbons (Fsp3) is 0.429. The van der Waals surface area contributed by atoms with E-state index in [0.29, 0.717) is 24.7 Å². The van der Waals surface area contributed by atoms with E-state index < -0.39 is 0 Å². The molecule has 110 valence electrons. The second kappa shape index (κ2) is 5.61. The van der Waals surface area contributed by atoms with E-state index in [1.807, 2.05) is 13.0 Å². The van der Waals surface area contributed by atoms with Crippen molar-refractivity contribution in [2.24, 2.45) is 0 Å². The van der Waals surface area contributed by atoms with Crippen LogP contribution in [0.2, 0.25) is 0 Å². The Balaban J connectivity index is 1.84. The van der Waals surface area contributed by atoms with Crippen molar-refractivity contribution < 1.29 is 4.74 Å². The Morgan fingerprint density at radius 1 is 1.38 bits per heavy atom. The van der Waals surface area contributed by atoms with Gasteiger partial charge >= 0.3 is 0 Å². The van der Waals surface area contributed by atoms with Crippen molar-refractivity contribution in [2.45, 2.75) is 20.0 Å². The maximum Gasteiger partial charge on any atom is 0.251 e. The molecule has 1 saturated heterocycles. The van der Waals surface area contributed by atoms with E-state index in [1.54, 1.807) is 13.1 Å². The molecule has 2 aromatic heterocycles. The van der Waals surface area contributed by atoms with Gasteiger partial charge < -0.3 is 14.6 Å². The Morgan fingerprint density at radius 3 is 3.00 bits per heavy atom. The summed E-state index contributed by atoms with van der Waals surface area (Å²) in [4.78, 5) is 29.3. The number of morpholine rings is 1. The van der Waals surface area contributed by atoms with Gasteiger partial charge in [-0.25, -0.2) is 15.0 Å². The monoisotopic (exact) mass is 287 g/mol. The van der Waals surface area contributed by atoms with Crippen LogP contribution in [0.5, 0.6) is 0 Å². The van der Waals surface area contributed by atoms with Crippen molar-refractivity contribution in [3.63, 3.8) is 0 Å². The molecule has 0 spiro atoms. The number of hydrogen-bond donors (Lipinski definition) is 1. The first-order chi connectivity index (χ1) is 10.1. The van der Waals surface area contributed by atoms with Gasteiger partial charge in [0.1, 0.15) is 23.6 Å². The Hall–Kier alpha value is -2.28. The molecule has 7 heteroatoms. The number of aromatic amines is 1. The van der Waals surface area contributed by atoms with Crippen molar-refractivity contribution in [3.8, 4) is 0 Å². The molecule has 1 aliphatic rings. The van der Waals surface area contributed by atoms with Gasteiger partial charge in [0.05, 0.1) is 13.2 Å². The Bertz CT molecular complexity index is 700. The van der Waals surface area contributed by atoms with Crippen molar-refractivity contribution in [1.29, 1.82) is 0 Å². The van der Waals surface area contributed by atoms with Gasteiger partial charge in [0.25, 0.3) is 5.56 Å². The zero-order valence-corrected chi connectivity index (χ0v) is 12.0. The van der Waals surface area contributed by atoms with Gasteiger partial charge in [-0.2, -0.15) is 0 Å². The zero-order valence-electron chi connectivity index (χ0n) is 12.0. The standard InChI is InChI=1S/C14H17N5O2/c1-9-7-13(20)18-14(16-9)11-8-19(5-6-21-11)12-3-4-15-10(2)17-12/h3-4,7,11H,5-6,8H2,1-2H3,(H,16,18,20)/t11-/m0/s1. The molecule has 0 radical (unpaired) electrons. The van der Waals surface area contributed by atoms with E-state index >= 15 is 0 Å². The molecular formula is C14H17N5O2. The minimum absolute atomic E-state index is 0.156. The summed E-state index contributed by atoms with van der Waals surface area (Å²) in [5.74, 6) is 2.17. The van der Waals surface area contributed by atoms with Crippen LogP contribution in [0, 0.1) is 13.8 Å². The molecule has 0 amide bonds. The quantitative estimate of drug-likeness (QED) is 0.877. The number of rotatable bonds is 2. The van der Waals surface area contributed by atoms with Crippen molar-refractivity contribution in [2.75, 3.05) is 24.6 Å². The first-order valence-corrected chi connectivity index (χ1v) is 6.86. The maximum atomic E-state index is 11.6. The lowest BCUT2D eigenvalue weighted by atomic mass is 10.2. The summed E-state index contributed by atoms with van der Waals surface area (Å²) in [5, 5.41) is 0. The van der Waals surface area contributed by atoms with E-state index in [1.165, 1.54) is 6.07 Å². The van der Waals surface area contributed by atoms with E-state index in [4.69, 9.17) is 4.74 Å². The smallest absolute Gasteiger partial charge is 0.251 e. The number of aryl methyl sites for hydroxylation is 2. The highest BCUT2D eigenvalue weighted by Crippen LogP contribution is 2.22. The molecule has 0 aliphatic carbocycles. The number of nitrogens with zero attached hydrogens (tertiary/aromatic N) is 4. The van der Waals surface area contributed by atoms with Crippen LogP contribution in [0.25, 0.3) is 0 Å². The number of H-pyrrole nitrogens is 1. The summed E-state index contributed by atoms with van der Waals surface area (Å²) in [5.41, 5.74) is 0.531. The normalized spacial score (nSPS) is 18.8. The highest BCUT2D eigenvalue weighted by Gasteiger charge is 2.25. The van der Waals surface area contributed by atoms with Gasteiger partial charge in [0.15, 0.2) is 0 Å². The zero-order chi connectivity index (χ0) is 14.8. The number of ether oxygens (including phenoxy) is 1. The molecule has 21 heavy (non-hydrogen) atoms. The molecule has 0 bridgehead atoms. The molecule has 0 aromatic carbocycles. The number of anilines is 1. The van der Waals surface area contributed by atoms with Crippen LogP contribution in [0.15, 0.2) is 23.1 Å². The third-order valence-electron chi connectivity index (χ3n) is 3.34. The lowest BCUT2D eigenvalue weighted by Crippen LogP contribution is -2.40. The Morgan fingerprint density at radius 2 is 2.24 bits per heavy atom. The lowest BCUT2D eigenvalue weighted by molar-refractivity contribution is 0.0335. The molecule has 3 rings (SSSR count). The second-order valence-electron chi connectivity index (χ2n) is 5.04. The molecule has 3 heterocycles. The molecule has 1 atom stereocenters. The molecule has 0 unspecified atom stereocenters. The van der Waals surface area contributed by atoms with Gasteiger partial charge in [-0.1, -0.05) is 0 Å². The molecule has 0 saturated carbocycles. The predicted molar refractivity (Wildman–Crippen MR) is 77.3 cm³/mol. The summed E-state index contributed by atoms with van der Waals surface area (Å²) in [6.45, 7) is 5.57. The number of aromatic nitrogens is 4. The summed E-state index contributed by atoms with van der Waals surface area (Å²) >= 11 is 0. The van der Waals surface area contributed by atoms with Gasteiger partial charge in [0.2, 0.25) is 0 Å². The second-order valence-corrected chi connectivity index (χ2v) is 5.04. The molecule has 2 aromatic rings. The Labute approximate surface area is 122 Å². The molecule has 1 aliphatic heterocycles. The van der Waals surface area contributed by atoms with Crippen molar-refractivity contribution >= 4 is 5.82 Å². The van der Waals surface area contributed by atoms with Gasteiger partial charge in [-0.05, 0) is 19.9 Å². The van der Waals surface area contributed by atoms with Crippen LogP contribution in [-0.2, 0) is 4.74 Å². The molecule has 7 nitrogen and oxygen atoms in total. The molecular weight excluding hydrogens is 270 g/mol. The van der Waals surface area contributed by atoms with Gasteiger partial charge in [-0.15, -0.1) is 0 Å². The van der Waals surface area contributed by atoms with Crippen LogP contribution in [-0.4, -0.2) is 39.6 Å². The number of hydrogen-bond acceptors (Lipinski definition) is 6. The SMILES string of the molecule is Cc1cc(=O)[nH]c([C@@H]2CN(c3ccnc(C)n3)CCO2)n1. The summed E-state index contributed by atoms with van der Waals surface area (Å²) < 4.78 is 5.74. The fourth-order valence-corrected chi connectivity index (χ4v) is 2.40. The summed E-state index contributed by atoms with van der Waals surface area (Å²) in [6, 6.07) is 3.35. The van der Waals surface area contributed by atoms with Crippen LogP contribution in [0.4, 0.5) is 5.82 Å². The first kappa shape index (κ1) is 13.7. The van der Waals surface area contributed by atoms with E-state index in [2.05, 4.69) is 24.8 Å². The van der Waals surface area contributed by atoms with Crippen LogP contribution < -0.4 is 10.5 Å². The van der Waals surface area contributed by atoms with E-state index in [0.717, 1.165) is 18.2 Å². The Kier molecular flexibility index (Phi) is 3.66. The maximum absolute atomic E-state index is 11.6. The van der Waals surface area contributed by atoms with Crippen LogP contribution >= 0.6 is 0 Å². The van der Waals surface area contributed by atoms with Crippen LogP contribution in [0.1, 0.15) is 23.4 Å². The van der Waals surface area contributed by atoms with E-state index in [-0.39, 0.29) is 11.7 Å². The summed E-state index contributed by atoms with van der Waals surface area (Å²) in [6.07, 6.45) is 1.48. The highest BCUT2D eigenvalue weighted by molar-refractivity contribution is 5.38. The average molecular weight is 287 g/mol. The third kappa shape index (κ3) is 3.08. The lowest BCUT2D eigenvalue weighted by Gasteiger charge is -2.33. The van der Waals surface area contributed by atoms with Gasteiger partial charge in [0, 0.05) is 24.5 Å². The van der Waals surface area contributed by atoms with Crippen molar-refractivity contribution in [1.82, 2.24) is 19.9 Å². The fourth-order valence-electron chi connectivity index (χ4n) is 2.40. The number of nitrogens with one attached hydrogen (secondary N) is 1. The van der Waals surface area contributed by atoms with Gasteiger partial charge in [-0.3, -0.25) is 4.79 Å². The minimum atomic E-state index is -0.262. The third-order valence-corrected chi connectivity index (χ3v) is 3.34. The minimum Gasteiger partial charge on any atom is -0.367 e. The van der Waals surface area contributed by atoms with E-state index in [9.17, 15) is 4.79 Å². The largest absolute Gasteiger partial charge is 0.367 e. The average Bonchev–Trinajstić information content (AvgIpc) is 2.46. The molecule has 1 N–H and O–H groups in total. The molecule has 1 fully saturated rings. The van der Waals surface area contributed by atoms with Crippen molar-refractivity contribution in [3.05, 3.63) is 46.0 Å². The van der Waals surface area contributed by atoms with Crippen LogP contribution in [0.3, 0.4) is 0 Å². The topological polar surface area (TPSA) is 84.0 Å². The first-order valence-electron chi connectivity index (χ1n) is 6.86. The summed E-state index contributed by atoms with van der Waals surface area (Å²) in [7, 11) is 0.